The molecule has 10 heteroatoms. The van der Waals surface area contributed by atoms with Gasteiger partial charge >= 0.3 is 0 Å². The number of hydrogen-bond acceptors (Lipinski definition) is 5. The fourth-order valence-corrected chi connectivity index (χ4v) is 9.04. The van der Waals surface area contributed by atoms with E-state index in [4.69, 9.17) is 4.74 Å². The summed E-state index contributed by atoms with van der Waals surface area (Å²) in [6, 6.07) is 26.3. The minimum absolute atomic E-state index is 0.168. The summed E-state index contributed by atoms with van der Waals surface area (Å²) in [5, 5.41) is 5.04. The summed E-state index contributed by atoms with van der Waals surface area (Å²) in [6.45, 7) is 4.36. The lowest BCUT2D eigenvalue weighted by molar-refractivity contribution is -0.139. The molecule has 3 heterocycles. The van der Waals surface area contributed by atoms with Crippen LogP contribution in [0.2, 0.25) is 0 Å². The molecule has 2 aliphatic heterocycles. The minimum Gasteiger partial charge on any atom is -0.497 e. The first-order valence-electron chi connectivity index (χ1n) is 18.0. The lowest BCUT2D eigenvalue weighted by Gasteiger charge is -2.36. The SMILES string of the molecule is CC(=O)NS(=O)N(C)C.COc1ccc2c(c1)C1CC1(C(=O)N1CCNC(c3ccccc3)C1)Cn1c-2c(C2CCCCC2)c2ccccc21. The quantitative estimate of drug-likeness (QED) is 0.248. The van der Waals surface area contributed by atoms with E-state index in [9.17, 15) is 13.8 Å². The van der Waals surface area contributed by atoms with Crippen LogP contribution in [0, 0.1) is 5.41 Å². The molecule has 50 heavy (non-hydrogen) atoms. The third-order valence-corrected chi connectivity index (χ3v) is 12.2. The van der Waals surface area contributed by atoms with Crippen molar-refractivity contribution in [3.05, 3.63) is 89.5 Å². The van der Waals surface area contributed by atoms with E-state index in [1.807, 2.05) is 0 Å². The predicted molar refractivity (Wildman–Crippen MR) is 199 cm³/mol. The Morgan fingerprint density at radius 3 is 2.44 bits per heavy atom. The Morgan fingerprint density at radius 2 is 1.74 bits per heavy atom. The maximum atomic E-state index is 14.7. The molecule has 1 aromatic heterocycles. The van der Waals surface area contributed by atoms with Crippen LogP contribution in [0.1, 0.15) is 80.0 Å². The highest BCUT2D eigenvalue weighted by molar-refractivity contribution is 7.81. The molecule has 8 rings (SSSR count). The van der Waals surface area contributed by atoms with Crippen molar-refractivity contribution in [1.82, 2.24) is 23.8 Å². The third-order valence-electron chi connectivity index (χ3n) is 11.1. The number of carbonyl (C=O) groups is 2. The molecule has 4 unspecified atom stereocenters. The number of rotatable bonds is 6. The second-order valence-corrected chi connectivity index (χ2v) is 15.9. The lowest BCUT2D eigenvalue weighted by atomic mass is 9.81. The van der Waals surface area contributed by atoms with E-state index in [0.29, 0.717) is 11.8 Å². The van der Waals surface area contributed by atoms with Gasteiger partial charge in [0.2, 0.25) is 11.8 Å². The van der Waals surface area contributed by atoms with Gasteiger partial charge in [-0.15, -0.1) is 0 Å². The topological polar surface area (TPSA) is 95.9 Å². The zero-order valence-corrected chi connectivity index (χ0v) is 30.4. The second kappa shape index (κ2) is 14.3. The maximum absolute atomic E-state index is 14.7. The Kier molecular flexibility index (Phi) is 9.87. The molecule has 2 amide bonds. The van der Waals surface area contributed by atoms with Crippen molar-refractivity contribution < 1.29 is 18.5 Å². The number of nitrogens with zero attached hydrogens (tertiary/aromatic N) is 3. The number of methoxy groups -OCH3 is 1. The Hall–Kier alpha value is -3.99. The van der Waals surface area contributed by atoms with Gasteiger partial charge in [0.25, 0.3) is 0 Å². The average Bonchev–Trinajstić information content (AvgIpc) is 3.81. The first-order chi connectivity index (χ1) is 24.2. The van der Waals surface area contributed by atoms with Gasteiger partial charge in [0.1, 0.15) is 5.75 Å². The molecule has 2 saturated carbocycles. The summed E-state index contributed by atoms with van der Waals surface area (Å²) >= 11 is -1.37. The van der Waals surface area contributed by atoms with Crippen LogP contribution < -0.4 is 14.8 Å². The number of benzene rings is 3. The van der Waals surface area contributed by atoms with Crippen molar-refractivity contribution in [3.8, 4) is 17.0 Å². The zero-order chi connectivity index (χ0) is 35.0. The van der Waals surface area contributed by atoms with Crippen LogP contribution >= 0.6 is 0 Å². The molecule has 264 valence electrons. The van der Waals surface area contributed by atoms with Crippen molar-refractivity contribution in [2.24, 2.45) is 5.41 Å². The lowest BCUT2D eigenvalue weighted by Crippen LogP contribution is -2.51. The van der Waals surface area contributed by atoms with Crippen molar-refractivity contribution in [1.29, 1.82) is 0 Å². The molecule has 2 aliphatic carbocycles. The van der Waals surface area contributed by atoms with E-state index >= 15 is 0 Å². The van der Waals surface area contributed by atoms with E-state index in [0.717, 1.165) is 38.3 Å². The number of para-hydroxylation sites is 1. The first kappa shape index (κ1) is 34.5. The maximum Gasteiger partial charge on any atom is 0.231 e. The van der Waals surface area contributed by atoms with E-state index < -0.39 is 16.6 Å². The van der Waals surface area contributed by atoms with Crippen molar-refractivity contribution in [3.63, 3.8) is 0 Å². The summed E-state index contributed by atoms with van der Waals surface area (Å²) in [7, 11) is 4.98. The number of amides is 2. The summed E-state index contributed by atoms with van der Waals surface area (Å²) < 4.78 is 22.6. The molecule has 3 fully saturated rings. The monoisotopic (exact) mass is 695 g/mol. The molecule has 4 atom stereocenters. The van der Waals surface area contributed by atoms with Gasteiger partial charge in [0.15, 0.2) is 11.2 Å². The minimum atomic E-state index is -1.37. The number of ether oxygens (including phenoxy) is 1. The van der Waals surface area contributed by atoms with Crippen molar-refractivity contribution in [2.45, 2.75) is 69.9 Å². The Bertz CT molecular complexity index is 1900. The van der Waals surface area contributed by atoms with Crippen LogP contribution in [0.4, 0.5) is 0 Å². The van der Waals surface area contributed by atoms with Crippen LogP contribution in [-0.2, 0) is 27.3 Å². The van der Waals surface area contributed by atoms with Crippen LogP contribution in [0.15, 0.2) is 72.8 Å². The van der Waals surface area contributed by atoms with Gasteiger partial charge in [-0.25, -0.2) is 8.51 Å². The van der Waals surface area contributed by atoms with E-state index in [1.165, 1.54) is 82.2 Å². The van der Waals surface area contributed by atoms with E-state index in [2.05, 4.69) is 92.3 Å². The largest absolute Gasteiger partial charge is 0.497 e. The Labute approximate surface area is 298 Å². The fraction of sp³-hybridized carbons (Fsp3) is 0.450. The summed E-state index contributed by atoms with van der Waals surface area (Å²) in [5.41, 5.74) is 7.60. The summed E-state index contributed by atoms with van der Waals surface area (Å²) in [5.74, 6) is 1.70. The number of aromatic nitrogens is 1. The number of hydrogen-bond donors (Lipinski definition) is 2. The fourth-order valence-electron chi connectivity index (χ4n) is 8.61. The van der Waals surface area contributed by atoms with Crippen LogP contribution in [0.5, 0.6) is 5.75 Å². The number of fused-ring (bicyclic) bond motifs is 7. The highest BCUT2D eigenvalue weighted by atomic mass is 32.2. The molecular weight excluding hydrogens is 647 g/mol. The van der Waals surface area contributed by atoms with E-state index in [-0.39, 0.29) is 17.9 Å². The van der Waals surface area contributed by atoms with Gasteiger partial charge in [-0.2, -0.15) is 0 Å². The molecule has 3 aromatic carbocycles. The normalized spacial score (nSPS) is 23.4. The molecule has 0 radical (unpaired) electrons. The first-order valence-corrected chi connectivity index (χ1v) is 19.1. The number of piperazine rings is 1. The van der Waals surface area contributed by atoms with Gasteiger partial charge in [0, 0.05) is 75.6 Å². The van der Waals surface area contributed by atoms with Gasteiger partial charge < -0.3 is 19.5 Å². The molecule has 9 nitrogen and oxygen atoms in total. The molecule has 0 bridgehead atoms. The smallest absolute Gasteiger partial charge is 0.231 e. The summed E-state index contributed by atoms with van der Waals surface area (Å²) in [6.07, 6.45) is 7.35. The van der Waals surface area contributed by atoms with Gasteiger partial charge in [-0.1, -0.05) is 67.8 Å². The Balaban J connectivity index is 0.000000387. The van der Waals surface area contributed by atoms with Crippen LogP contribution in [-0.4, -0.2) is 70.6 Å². The molecule has 1 saturated heterocycles. The van der Waals surface area contributed by atoms with Crippen LogP contribution in [0.25, 0.3) is 22.2 Å². The highest BCUT2D eigenvalue weighted by Gasteiger charge is 2.64. The van der Waals surface area contributed by atoms with Crippen molar-refractivity contribution >= 4 is 33.9 Å². The van der Waals surface area contributed by atoms with Gasteiger partial charge in [-0.3, -0.25) is 14.3 Å². The average molecular weight is 696 g/mol. The van der Waals surface area contributed by atoms with Crippen molar-refractivity contribution in [2.75, 3.05) is 40.8 Å². The zero-order valence-electron chi connectivity index (χ0n) is 29.6. The summed E-state index contributed by atoms with van der Waals surface area (Å²) in [4.78, 5) is 27.1. The van der Waals surface area contributed by atoms with Crippen LogP contribution in [0.3, 0.4) is 0 Å². The molecule has 2 N–H and O–H groups in total. The molecule has 4 aliphatic rings. The second-order valence-electron chi connectivity index (χ2n) is 14.5. The third kappa shape index (κ3) is 6.49. The predicted octanol–water partition coefficient (Wildman–Crippen LogP) is 6.29. The standard InChI is InChI=1S/C36H39N3O2.C4H10N2O2S/c1-41-26-16-17-27-29(20-26)30-21-36(30,35(40)38-19-18-37-31(22-38)24-10-4-2-5-11-24)23-39-32-15-9-8-14-28(32)33(34(27)39)25-12-6-3-7-13-25;1-4(7)5-9(8)6(2)3/h2,4-5,8-11,14-17,20,25,30-31,37H,3,6-7,12-13,18-19,21-23H2,1H3;1-3H3,(H,5,7). The number of nitrogens with one attached hydrogen (secondary N) is 2. The molecule has 4 aromatic rings. The van der Waals surface area contributed by atoms with E-state index in [1.54, 1.807) is 21.2 Å². The van der Waals surface area contributed by atoms with Gasteiger partial charge in [-0.05, 0) is 66.1 Å². The molecular formula is C40H49N5O4S. The molecule has 0 spiro atoms. The number of carbonyl (C=O) groups excluding carboxylic acids is 2. The Morgan fingerprint density at radius 1 is 1.00 bits per heavy atom. The highest BCUT2D eigenvalue weighted by Crippen LogP contribution is 2.66. The van der Waals surface area contributed by atoms with Gasteiger partial charge in [0.05, 0.1) is 18.2 Å².